The first-order chi connectivity index (χ1) is 12.6. The Morgan fingerprint density at radius 1 is 1.12 bits per heavy atom. The number of thiophene rings is 1. The molecular formula is C21H24N2O2S. The van der Waals surface area contributed by atoms with E-state index in [9.17, 15) is 9.59 Å². The molecule has 0 saturated carbocycles. The summed E-state index contributed by atoms with van der Waals surface area (Å²) in [7, 11) is 0. The minimum atomic E-state index is 0.100. The first kappa shape index (κ1) is 17.4. The quantitative estimate of drug-likeness (QED) is 0.758. The van der Waals surface area contributed by atoms with E-state index in [2.05, 4.69) is 27.3 Å². The number of hydrogen-bond donors (Lipinski definition) is 0. The van der Waals surface area contributed by atoms with E-state index in [1.54, 1.807) is 6.92 Å². The number of hydrogen-bond acceptors (Lipinski definition) is 4. The normalized spacial score (nSPS) is 23.3. The zero-order valence-electron chi connectivity index (χ0n) is 15.1. The monoisotopic (exact) mass is 368 g/mol. The molecule has 2 atom stereocenters. The zero-order valence-corrected chi connectivity index (χ0v) is 15.9. The van der Waals surface area contributed by atoms with Gasteiger partial charge in [-0.3, -0.25) is 14.5 Å². The molecule has 0 spiro atoms. The van der Waals surface area contributed by atoms with E-state index in [1.807, 2.05) is 24.3 Å². The maximum atomic E-state index is 13.0. The lowest BCUT2D eigenvalue weighted by Crippen LogP contribution is -2.47. The molecule has 3 aliphatic heterocycles. The van der Waals surface area contributed by atoms with Gasteiger partial charge >= 0.3 is 0 Å². The van der Waals surface area contributed by atoms with Gasteiger partial charge in [0.15, 0.2) is 5.78 Å². The third kappa shape index (κ3) is 3.60. The summed E-state index contributed by atoms with van der Waals surface area (Å²) in [4.78, 5) is 29.8. The number of amides is 1. The summed E-state index contributed by atoms with van der Waals surface area (Å²) in [5.74, 6) is 0.534. The molecule has 3 aliphatic rings. The second kappa shape index (κ2) is 7.33. The van der Waals surface area contributed by atoms with Crippen molar-refractivity contribution in [2.24, 2.45) is 5.92 Å². The molecule has 0 radical (unpaired) electrons. The van der Waals surface area contributed by atoms with Gasteiger partial charge in [0.1, 0.15) is 0 Å². The maximum Gasteiger partial charge on any atom is 0.227 e. The average molecular weight is 369 g/mol. The van der Waals surface area contributed by atoms with Crippen molar-refractivity contribution < 1.29 is 9.59 Å². The van der Waals surface area contributed by atoms with Gasteiger partial charge in [-0.25, -0.2) is 0 Å². The first-order valence-corrected chi connectivity index (χ1v) is 10.1. The lowest BCUT2D eigenvalue weighted by molar-refractivity contribution is -0.140. The summed E-state index contributed by atoms with van der Waals surface area (Å²) in [5.41, 5.74) is 2.38. The van der Waals surface area contributed by atoms with E-state index in [0.29, 0.717) is 12.5 Å². The minimum Gasteiger partial charge on any atom is -0.334 e. The van der Waals surface area contributed by atoms with Gasteiger partial charge in [-0.2, -0.15) is 0 Å². The Morgan fingerprint density at radius 3 is 2.65 bits per heavy atom. The Balaban J connectivity index is 1.48. The fraction of sp³-hybridized carbons (Fsp3) is 0.429. The van der Waals surface area contributed by atoms with Crippen molar-refractivity contribution in [2.75, 3.05) is 13.1 Å². The van der Waals surface area contributed by atoms with Crippen LogP contribution in [0.3, 0.4) is 0 Å². The summed E-state index contributed by atoms with van der Waals surface area (Å²) in [5, 5.41) is 2.08. The Hall–Kier alpha value is -1.98. The average Bonchev–Trinajstić information content (AvgIpc) is 2.95. The first-order valence-electron chi connectivity index (χ1n) is 9.25. The highest BCUT2D eigenvalue weighted by Gasteiger charge is 2.40. The highest BCUT2D eigenvalue weighted by molar-refractivity contribution is 7.12. The van der Waals surface area contributed by atoms with Crippen molar-refractivity contribution in [3.8, 4) is 0 Å². The van der Waals surface area contributed by atoms with Crippen molar-refractivity contribution in [1.29, 1.82) is 0 Å². The van der Waals surface area contributed by atoms with Gasteiger partial charge in [-0.05, 0) is 42.3 Å². The molecule has 26 heavy (non-hydrogen) atoms. The molecule has 1 amide bonds. The van der Waals surface area contributed by atoms with Gasteiger partial charge in [0.25, 0.3) is 0 Å². The van der Waals surface area contributed by atoms with Crippen LogP contribution in [0.4, 0.5) is 0 Å². The second-order valence-corrected chi connectivity index (χ2v) is 8.36. The molecule has 1 aromatic heterocycles. The molecule has 4 heterocycles. The number of carbonyl (C=O) groups is 2. The smallest absolute Gasteiger partial charge is 0.227 e. The van der Waals surface area contributed by atoms with Crippen LogP contribution in [-0.2, 0) is 17.9 Å². The van der Waals surface area contributed by atoms with E-state index in [0.717, 1.165) is 37.4 Å². The summed E-state index contributed by atoms with van der Waals surface area (Å²) in [6.07, 6.45) is 2.08. The molecule has 5 rings (SSSR count). The number of carbonyl (C=O) groups excluding carboxylic acids is 2. The molecule has 2 bridgehead atoms. The molecule has 0 N–H and O–H groups in total. The van der Waals surface area contributed by atoms with Gasteiger partial charge in [0.05, 0.1) is 10.8 Å². The lowest BCUT2D eigenvalue weighted by Gasteiger charge is -2.36. The van der Waals surface area contributed by atoms with Gasteiger partial charge in [0, 0.05) is 32.2 Å². The van der Waals surface area contributed by atoms with Crippen LogP contribution in [0.25, 0.3) is 0 Å². The van der Waals surface area contributed by atoms with Crippen LogP contribution in [0.2, 0.25) is 0 Å². The summed E-state index contributed by atoms with van der Waals surface area (Å²) >= 11 is 1.52. The zero-order chi connectivity index (χ0) is 18.1. The standard InChI is InChI=1S/C21H24N2O2S/c1-15(24)20-9-17(14-26-20)10-22-12-18-7-8-19(13-22)23(21(18)25)11-16-5-3-2-4-6-16/h2-6,9,14,18-19H,7-8,10-13H2,1H3/t18-,19+/m0/s1. The SMILES string of the molecule is CC(=O)c1cc(CN2C[C@@H]3CC[C@H](C2)N(Cc2ccccc2)C3=O)cs1. The molecule has 5 heteroatoms. The topological polar surface area (TPSA) is 40.6 Å². The van der Waals surface area contributed by atoms with Crippen LogP contribution in [0.15, 0.2) is 41.8 Å². The fourth-order valence-electron chi connectivity index (χ4n) is 4.15. The Morgan fingerprint density at radius 2 is 1.92 bits per heavy atom. The molecule has 3 saturated heterocycles. The highest BCUT2D eigenvalue weighted by Crippen LogP contribution is 2.31. The summed E-state index contributed by atoms with van der Waals surface area (Å²) < 4.78 is 0. The minimum absolute atomic E-state index is 0.100. The third-order valence-electron chi connectivity index (χ3n) is 5.47. The van der Waals surface area contributed by atoms with Crippen molar-refractivity contribution in [2.45, 2.75) is 38.9 Å². The molecule has 3 fully saturated rings. The van der Waals surface area contributed by atoms with Crippen LogP contribution in [0, 0.1) is 5.92 Å². The second-order valence-electron chi connectivity index (χ2n) is 7.45. The number of Topliss-reactive ketones (excluding diaryl/α,β-unsaturated/α-hetero) is 1. The van der Waals surface area contributed by atoms with Crippen molar-refractivity contribution in [3.63, 3.8) is 0 Å². The number of ketones is 1. The van der Waals surface area contributed by atoms with E-state index >= 15 is 0 Å². The van der Waals surface area contributed by atoms with Gasteiger partial charge < -0.3 is 4.90 Å². The number of nitrogens with zero attached hydrogens (tertiary/aromatic N) is 2. The van der Waals surface area contributed by atoms with Crippen LogP contribution in [-0.4, -0.2) is 40.6 Å². The maximum absolute atomic E-state index is 13.0. The highest BCUT2D eigenvalue weighted by atomic mass is 32.1. The van der Waals surface area contributed by atoms with E-state index in [-0.39, 0.29) is 17.7 Å². The Labute approximate surface area is 158 Å². The predicted octanol–water partition coefficient (Wildman–Crippen LogP) is 3.57. The summed E-state index contributed by atoms with van der Waals surface area (Å²) in [6, 6.07) is 12.6. The Bertz CT molecular complexity index is 801. The van der Waals surface area contributed by atoms with Crippen molar-refractivity contribution in [1.82, 2.24) is 9.80 Å². The van der Waals surface area contributed by atoms with Gasteiger partial charge in [-0.15, -0.1) is 11.3 Å². The van der Waals surface area contributed by atoms with E-state index < -0.39 is 0 Å². The molecular weight excluding hydrogens is 344 g/mol. The van der Waals surface area contributed by atoms with Gasteiger partial charge in [0.2, 0.25) is 5.91 Å². The molecule has 1 aromatic carbocycles. The molecule has 136 valence electrons. The fourth-order valence-corrected chi connectivity index (χ4v) is 4.95. The van der Waals surface area contributed by atoms with Crippen LogP contribution < -0.4 is 0 Å². The third-order valence-corrected chi connectivity index (χ3v) is 6.55. The Kier molecular flexibility index (Phi) is 4.92. The number of piperidine rings is 1. The van der Waals surface area contributed by atoms with E-state index in [1.165, 1.54) is 22.5 Å². The molecule has 2 aromatic rings. The van der Waals surface area contributed by atoms with E-state index in [4.69, 9.17) is 0 Å². The van der Waals surface area contributed by atoms with Crippen molar-refractivity contribution in [3.05, 3.63) is 57.8 Å². The number of rotatable bonds is 5. The molecule has 0 unspecified atom stereocenters. The number of fused-ring (bicyclic) bond motifs is 4. The van der Waals surface area contributed by atoms with Crippen LogP contribution >= 0.6 is 11.3 Å². The van der Waals surface area contributed by atoms with Crippen molar-refractivity contribution >= 4 is 23.0 Å². The van der Waals surface area contributed by atoms with Crippen LogP contribution in [0.5, 0.6) is 0 Å². The lowest BCUT2D eigenvalue weighted by atomic mass is 9.93. The largest absolute Gasteiger partial charge is 0.334 e. The number of benzene rings is 1. The molecule has 4 nitrogen and oxygen atoms in total. The van der Waals surface area contributed by atoms with Gasteiger partial charge in [-0.1, -0.05) is 30.3 Å². The summed E-state index contributed by atoms with van der Waals surface area (Å²) in [6.45, 7) is 4.89. The molecule has 0 aliphatic carbocycles. The van der Waals surface area contributed by atoms with Crippen LogP contribution in [0.1, 0.15) is 40.6 Å². The predicted molar refractivity (Wildman–Crippen MR) is 103 cm³/mol.